The molecule has 0 unspecified atom stereocenters. The molecule has 1 aromatic carbocycles. The maximum Gasteiger partial charge on any atom is 0.0110 e. The average Bonchev–Trinajstić information content (AvgIpc) is 2.39. The van der Waals surface area contributed by atoms with Crippen molar-refractivity contribution in [2.24, 2.45) is 0 Å². The van der Waals surface area contributed by atoms with Gasteiger partial charge in [-0.3, -0.25) is 0 Å². The van der Waals surface area contributed by atoms with Gasteiger partial charge >= 0.3 is 0 Å². The Balaban J connectivity index is 2.43. The Morgan fingerprint density at radius 2 is 1.37 bits per heavy atom. The summed E-state index contributed by atoms with van der Waals surface area (Å²) in [5, 5.41) is 0. The minimum atomic E-state index is 0.563. The van der Waals surface area contributed by atoms with Gasteiger partial charge < -0.3 is 0 Å². The molecule has 1 saturated carbocycles. The third-order valence-corrected chi connectivity index (χ3v) is 5.03. The van der Waals surface area contributed by atoms with Crippen LogP contribution in [0.3, 0.4) is 0 Å². The zero-order valence-corrected chi connectivity index (χ0v) is 13.8. The summed E-state index contributed by atoms with van der Waals surface area (Å²) in [6.45, 7) is 9.13. The smallest absolute Gasteiger partial charge is 0.0110 e. The molecule has 0 atom stereocenters. The normalized spacial score (nSPS) is 17.4. The van der Waals surface area contributed by atoms with Crippen LogP contribution in [0.25, 0.3) is 0 Å². The first-order valence-corrected chi connectivity index (χ1v) is 8.32. The summed E-state index contributed by atoms with van der Waals surface area (Å²) in [6.07, 6.45) is 6.99. The number of thiol groups is 1. The minimum Gasteiger partial charge on any atom is -0.143 e. The van der Waals surface area contributed by atoms with E-state index < -0.39 is 0 Å². The lowest BCUT2D eigenvalue weighted by atomic mass is 9.81. The van der Waals surface area contributed by atoms with Crippen LogP contribution in [0.1, 0.15) is 94.2 Å². The number of benzene rings is 1. The highest BCUT2D eigenvalue weighted by Crippen LogP contribution is 2.38. The van der Waals surface area contributed by atoms with Gasteiger partial charge in [0.2, 0.25) is 0 Å². The highest BCUT2D eigenvalue weighted by molar-refractivity contribution is 7.80. The summed E-state index contributed by atoms with van der Waals surface area (Å²) in [7, 11) is 0. The molecule has 1 aliphatic carbocycles. The summed E-state index contributed by atoms with van der Waals surface area (Å²) < 4.78 is 0. The Hall–Kier alpha value is -0.430. The third kappa shape index (κ3) is 3.37. The van der Waals surface area contributed by atoms with Crippen molar-refractivity contribution in [1.29, 1.82) is 0 Å². The fraction of sp³-hybridized carbons (Fsp3) is 0.667. The number of hydrogen-bond donors (Lipinski definition) is 1. The van der Waals surface area contributed by atoms with E-state index in [2.05, 4.69) is 39.8 Å². The van der Waals surface area contributed by atoms with Crippen molar-refractivity contribution in [3.05, 3.63) is 28.8 Å². The lowest BCUT2D eigenvalue weighted by molar-refractivity contribution is 0.442. The zero-order valence-electron chi connectivity index (χ0n) is 12.9. The van der Waals surface area contributed by atoms with Gasteiger partial charge in [0, 0.05) is 4.90 Å². The first-order valence-electron chi connectivity index (χ1n) is 7.87. The summed E-state index contributed by atoms with van der Waals surface area (Å²) in [5.74, 6) is 1.92. The molecule has 0 heterocycles. The van der Waals surface area contributed by atoms with Gasteiger partial charge in [-0.25, -0.2) is 0 Å². The van der Waals surface area contributed by atoms with Crippen LogP contribution in [0.15, 0.2) is 17.0 Å². The molecule has 0 saturated heterocycles. The molecule has 0 bridgehead atoms. The quantitative estimate of drug-likeness (QED) is 0.618. The first kappa shape index (κ1) is 15.0. The van der Waals surface area contributed by atoms with E-state index in [4.69, 9.17) is 12.6 Å². The maximum absolute atomic E-state index is 4.80. The summed E-state index contributed by atoms with van der Waals surface area (Å²) in [5.41, 5.74) is 4.45. The van der Waals surface area contributed by atoms with Gasteiger partial charge in [-0.1, -0.05) is 59.1 Å². The summed E-state index contributed by atoms with van der Waals surface area (Å²) in [4.78, 5) is 1.23. The molecular formula is C18H28S. The van der Waals surface area contributed by atoms with Gasteiger partial charge in [-0.2, -0.15) is 0 Å². The van der Waals surface area contributed by atoms with Gasteiger partial charge in [0.15, 0.2) is 0 Å². The van der Waals surface area contributed by atoms with Crippen LogP contribution in [0, 0.1) is 0 Å². The molecule has 106 valence electrons. The second-order valence-electron chi connectivity index (χ2n) is 6.69. The fourth-order valence-electron chi connectivity index (χ4n) is 3.26. The average molecular weight is 276 g/mol. The van der Waals surface area contributed by atoms with E-state index in [1.54, 1.807) is 5.56 Å². The Morgan fingerprint density at radius 1 is 0.895 bits per heavy atom. The molecule has 0 aliphatic heterocycles. The van der Waals surface area contributed by atoms with Crippen LogP contribution in [0.2, 0.25) is 0 Å². The molecule has 1 aromatic rings. The fourth-order valence-corrected chi connectivity index (χ4v) is 3.90. The Labute approximate surface area is 124 Å². The van der Waals surface area contributed by atoms with E-state index in [9.17, 15) is 0 Å². The third-order valence-electron chi connectivity index (χ3n) is 4.51. The standard InChI is InChI=1S/C18H28S/c1-12(2)16-10-15(14-8-6-5-7-9-14)11-17(13(3)4)18(16)19/h10-14,19H,5-9H2,1-4H3. The highest BCUT2D eigenvalue weighted by Gasteiger charge is 2.20. The van der Waals surface area contributed by atoms with E-state index >= 15 is 0 Å². The van der Waals surface area contributed by atoms with Crippen molar-refractivity contribution < 1.29 is 0 Å². The zero-order chi connectivity index (χ0) is 14.0. The Kier molecular flexibility index (Phi) is 5.00. The van der Waals surface area contributed by atoms with Crippen LogP contribution in [0.4, 0.5) is 0 Å². The monoisotopic (exact) mass is 276 g/mol. The molecule has 0 amide bonds. The van der Waals surface area contributed by atoms with Gasteiger partial charge in [0.05, 0.1) is 0 Å². The van der Waals surface area contributed by atoms with E-state index in [0.29, 0.717) is 11.8 Å². The lowest BCUT2D eigenvalue weighted by Gasteiger charge is -2.26. The van der Waals surface area contributed by atoms with Crippen molar-refractivity contribution in [2.45, 2.75) is 82.4 Å². The van der Waals surface area contributed by atoms with Crippen LogP contribution < -0.4 is 0 Å². The molecule has 0 spiro atoms. The molecule has 0 radical (unpaired) electrons. The van der Waals surface area contributed by atoms with Crippen molar-refractivity contribution in [3.8, 4) is 0 Å². The SMILES string of the molecule is CC(C)c1cc(C2CCCCC2)cc(C(C)C)c1S. The summed E-state index contributed by atoms with van der Waals surface area (Å²) >= 11 is 4.80. The molecule has 19 heavy (non-hydrogen) atoms. The number of rotatable bonds is 3. The molecule has 0 N–H and O–H groups in total. The first-order chi connectivity index (χ1) is 9.00. The number of hydrogen-bond acceptors (Lipinski definition) is 1. The van der Waals surface area contributed by atoms with E-state index in [0.717, 1.165) is 5.92 Å². The van der Waals surface area contributed by atoms with Crippen LogP contribution >= 0.6 is 12.6 Å². The van der Waals surface area contributed by atoms with Crippen LogP contribution in [0.5, 0.6) is 0 Å². The second-order valence-corrected chi connectivity index (χ2v) is 7.14. The van der Waals surface area contributed by atoms with Crippen LogP contribution in [-0.2, 0) is 0 Å². The Morgan fingerprint density at radius 3 is 1.79 bits per heavy atom. The Bertz CT molecular complexity index is 396. The van der Waals surface area contributed by atoms with Crippen molar-refractivity contribution in [3.63, 3.8) is 0 Å². The lowest BCUT2D eigenvalue weighted by Crippen LogP contribution is -2.07. The molecule has 2 rings (SSSR count). The van der Waals surface area contributed by atoms with E-state index in [-0.39, 0.29) is 0 Å². The van der Waals surface area contributed by atoms with Gasteiger partial charge in [0.1, 0.15) is 0 Å². The minimum absolute atomic E-state index is 0.563. The molecular weight excluding hydrogens is 248 g/mol. The van der Waals surface area contributed by atoms with E-state index in [1.165, 1.54) is 48.1 Å². The van der Waals surface area contributed by atoms with Gasteiger partial charge in [0.25, 0.3) is 0 Å². The van der Waals surface area contributed by atoms with Gasteiger partial charge in [-0.15, -0.1) is 12.6 Å². The van der Waals surface area contributed by atoms with Crippen molar-refractivity contribution in [2.75, 3.05) is 0 Å². The van der Waals surface area contributed by atoms with Gasteiger partial charge in [-0.05, 0) is 47.3 Å². The molecule has 1 fully saturated rings. The van der Waals surface area contributed by atoms with E-state index in [1.807, 2.05) is 0 Å². The summed E-state index contributed by atoms with van der Waals surface area (Å²) in [6, 6.07) is 4.88. The topological polar surface area (TPSA) is 0 Å². The maximum atomic E-state index is 4.80. The predicted octanol–water partition coefficient (Wildman–Crippen LogP) is 6.27. The largest absolute Gasteiger partial charge is 0.143 e. The molecule has 1 aliphatic rings. The molecule has 0 nitrogen and oxygen atoms in total. The second kappa shape index (κ2) is 6.35. The van der Waals surface area contributed by atoms with Crippen LogP contribution in [-0.4, -0.2) is 0 Å². The molecule has 1 heteroatoms. The predicted molar refractivity (Wildman–Crippen MR) is 87.7 cm³/mol. The van der Waals surface area contributed by atoms with Crippen molar-refractivity contribution in [1.82, 2.24) is 0 Å². The molecule has 0 aromatic heterocycles. The van der Waals surface area contributed by atoms with Crippen molar-refractivity contribution >= 4 is 12.6 Å². The highest BCUT2D eigenvalue weighted by atomic mass is 32.1.